The minimum atomic E-state index is -4.43. The van der Waals surface area contributed by atoms with Gasteiger partial charge in [0.05, 0.1) is 17.9 Å². The molecule has 0 atom stereocenters. The van der Waals surface area contributed by atoms with Crippen LogP contribution in [0.2, 0.25) is 0 Å². The Morgan fingerprint density at radius 2 is 1.67 bits per heavy atom. The highest BCUT2D eigenvalue weighted by Crippen LogP contribution is 2.37. The highest BCUT2D eigenvalue weighted by molar-refractivity contribution is 5.57. The quantitative estimate of drug-likeness (QED) is 0.846. The Bertz CT molecular complexity index is 627. The number of alkyl halides is 3. The number of rotatable bonds is 4. The number of halogens is 3. The van der Waals surface area contributed by atoms with Crippen molar-refractivity contribution < 1.29 is 22.6 Å². The fourth-order valence-electron chi connectivity index (χ4n) is 1.75. The van der Waals surface area contributed by atoms with Crippen LogP contribution in [0.5, 0.6) is 17.2 Å². The lowest BCUT2D eigenvalue weighted by molar-refractivity contribution is -0.137. The number of nitrogens with two attached hydrogens (primary N) is 1. The fourth-order valence-corrected chi connectivity index (χ4v) is 1.75. The molecule has 2 aromatic rings. The van der Waals surface area contributed by atoms with Crippen molar-refractivity contribution in [3.05, 3.63) is 48.0 Å². The monoisotopic (exact) mass is 297 g/mol. The highest BCUT2D eigenvalue weighted by Gasteiger charge is 2.31. The maximum absolute atomic E-state index is 12.6. The molecule has 0 bridgehead atoms. The number of ether oxygens (including phenoxy) is 2. The van der Waals surface area contributed by atoms with Crippen molar-refractivity contribution in [3.63, 3.8) is 0 Å². The molecule has 2 aromatic carbocycles. The van der Waals surface area contributed by atoms with Gasteiger partial charge in [0.1, 0.15) is 0 Å². The van der Waals surface area contributed by atoms with E-state index < -0.39 is 11.7 Å². The molecule has 2 N–H and O–H groups in total. The molecule has 0 saturated heterocycles. The van der Waals surface area contributed by atoms with Crippen LogP contribution in [-0.2, 0) is 6.18 Å². The molecule has 6 heteroatoms. The van der Waals surface area contributed by atoms with Gasteiger partial charge in [-0.05, 0) is 37.3 Å². The van der Waals surface area contributed by atoms with Crippen LogP contribution < -0.4 is 15.2 Å². The average Bonchev–Trinajstić information content (AvgIpc) is 2.42. The Morgan fingerprint density at radius 3 is 2.24 bits per heavy atom. The molecule has 112 valence electrons. The zero-order valence-electron chi connectivity index (χ0n) is 11.3. The van der Waals surface area contributed by atoms with Crippen LogP contribution in [0.3, 0.4) is 0 Å². The summed E-state index contributed by atoms with van der Waals surface area (Å²) in [5.74, 6) is 1.04. The molecule has 0 radical (unpaired) electrons. The summed E-state index contributed by atoms with van der Waals surface area (Å²) < 4.78 is 48.6. The Kier molecular flexibility index (Phi) is 4.26. The van der Waals surface area contributed by atoms with Crippen molar-refractivity contribution in [1.82, 2.24) is 0 Å². The summed E-state index contributed by atoms with van der Waals surface area (Å²) in [6.45, 7) is 2.27. The van der Waals surface area contributed by atoms with Crippen molar-refractivity contribution >= 4 is 5.69 Å². The molecule has 0 fully saturated rings. The molecule has 0 aliphatic rings. The molecule has 3 nitrogen and oxygen atoms in total. The Hall–Kier alpha value is -2.37. The van der Waals surface area contributed by atoms with Gasteiger partial charge in [-0.25, -0.2) is 0 Å². The first-order valence-electron chi connectivity index (χ1n) is 6.28. The number of nitrogen functional groups attached to an aromatic ring is 1. The molecule has 21 heavy (non-hydrogen) atoms. The van der Waals surface area contributed by atoms with E-state index in [0.717, 1.165) is 12.1 Å². The van der Waals surface area contributed by atoms with Gasteiger partial charge in [-0.1, -0.05) is 12.1 Å². The van der Waals surface area contributed by atoms with E-state index in [1.807, 2.05) is 6.92 Å². The van der Waals surface area contributed by atoms with Crippen LogP contribution in [0, 0.1) is 0 Å². The van der Waals surface area contributed by atoms with E-state index in [4.69, 9.17) is 15.2 Å². The Morgan fingerprint density at radius 1 is 1.00 bits per heavy atom. The van der Waals surface area contributed by atoms with Gasteiger partial charge in [0, 0.05) is 0 Å². The number of anilines is 1. The van der Waals surface area contributed by atoms with Gasteiger partial charge in [-0.2, -0.15) is 13.2 Å². The number of para-hydroxylation sites is 2. The molecule has 0 amide bonds. The smallest absolute Gasteiger partial charge is 0.416 e. The van der Waals surface area contributed by atoms with Gasteiger partial charge in [0.15, 0.2) is 17.2 Å². The van der Waals surface area contributed by atoms with Gasteiger partial charge < -0.3 is 15.2 Å². The van der Waals surface area contributed by atoms with Crippen molar-refractivity contribution in [2.24, 2.45) is 0 Å². The molecular weight excluding hydrogens is 283 g/mol. The first kappa shape index (κ1) is 15.0. The van der Waals surface area contributed by atoms with Crippen molar-refractivity contribution in [3.8, 4) is 17.2 Å². The van der Waals surface area contributed by atoms with Gasteiger partial charge in [0.2, 0.25) is 0 Å². The summed E-state index contributed by atoms with van der Waals surface area (Å²) in [6, 6.07) is 9.84. The summed E-state index contributed by atoms with van der Waals surface area (Å²) in [5, 5.41) is 0. The zero-order chi connectivity index (χ0) is 15.5. The maximum Gasteiger partial charge on any atom is 0.416 e. The van der Waals surface area contributed by atoms with Crippen LogP contribution in [0.1, 0.15) is 12.5 Å². The average molecular weight is 297 g/mol. The van der Waals surface area contributed by atoms with E-state index in [1.165, 1.54) is 6.07 Å². The molecule has 0 aliphatic heterocycles. The number of benzene rings is 2. The largest absolute Gasteiger partial charge is 0.490 e. The molecule has 0 saturated carbocycles. The third-order valence-electron chi connectivity index (χ3n) is 2.71. The SMILES string of the molecule is CCOc1ccccc1Oc1ccc(C(F)(F)F)cc1N. The molecule has 0 unspecified atom stereocenters. The van der Waals surface area contributed by atoms with Crippen LogP contribution in [-0.4, -0.2) is 6.61 Å². The summed E-state index contributed by atoms with van der Waals surface area (Å²) in [6.07, 6.45) is -4.43. The van der Waals surface area contributed by atoms with Crippen LogP contribution in [0.4, 0.5) is 18.9 Å². The van der Waals surface area contributed by atoms with Crippen LogP contribution in [0.25, 0.3) is 0 Å². The summed E-state index contributed by atoms with van der Waals surface area (Å²) in [7, 11) is 0. The highest BCUT2D eigenvalue weighted by atomic mass is 19.4. The van der Waals surface area contributed by atoms with Gasteiger partial charge >= 0.3 is 6.18 Å². The lowest BCUT2D eigenvalue weighted by Crippen LogP contribution is -2.06. The number of hydrogen-bond donors (Lipinski definition) is 1. The first-order valence-corrected chi connectivity index (χ1v) is 6.28. The van der Waals surface area contributed by atoms with Crippen LogP contribution >= 0.6 is 0 Å². The first-order chi connectivity index (χ1) is 9.91. The maximum atomic E-state index is 12.6. The zero-order valence-corrected chi connectivity index (χ0v) is 11.3. The normalized spacial score (nSPS) is 11.2. The standard InChI is InChI=1S/C15H14F3NO2/c1-2-20-13-5-3-4-6-14(13)21-12-8-7-10(9-11(12)19)15(16,17)18/h3-9H,2,19H2,1H3. The second-order valence-corrected chi connectivity index (χ2v) is 4.23. The van der Waals surface area contributed by atoms with E-state index in [0.29, 0.717) is 18.1 Å². The summed E-state index contributed by atoms with van der Waals surface area (Å²) >= 11 is 0. The Labute approximate surface area is 120 Å². The lowest BCUT2D eigenvalue weighted by atomic mass is 10.2. The summed E-state index contributed by atoms with van der Waals surface area (Å²) in [5.41, 5.74) is 4.72. The molecule has 0 aliphatic carbocycles. The van der Waals surface area contributed by atoms with Gasteiger partial charge in [-0.3, -0.25) is 0 Å². The predicted octanol–water partition coefficient (Wildman–Crippen LogP) is 4.48. The van der Waals surface area contributed by atoms with Crippen LogP contribution in [0.15, 0.2) is 42.5 Å². The second kappa shape index (κ2) is 5.95. The van der Waals surface area contributed by atoms with E-state index >= 15 is 0 Å². The molecule has 0 heterocycles. The van der Waals surface area contributed by atoms with Crippen molar-refractivity contribution in [2.75, 3.05) is 12.3 Å². The fraction of sp³-hybridized carbons (Fsp3) is 0.200. The van der Waals surface area contributed by atoms with Crippen molar-refractivity contribution in [1.29, 1.82) is 0 Å². The predicted molar refractivity (Wildman–Crippen MR) is 73.5 cm³/mol. The molecule has 0 aromatic heterocycles. The van der Waals surface area contributed by atoms with E-state index in [9.17, 15) is 13.2 Å². The molecule has 0 spiro atoms. The Balaban J connectivity index is 2.28. The third-order valence-corrected chi connectivity index (χ3v) is 2.71. The van der Waals surface area contributed by atoms with E-state index in [-0.39, 0.29) is 11.4 Å². The topological polar surface area (TPSA) is 44.5 Å². The minimum absolute atomic E-state index is 0.0869. The minimum Gasteiger partial charge on any atom is -0.490 e. The van der Waals surface area contributed by atoms with Gasteiger partial charge in [0.25, 0.3) is 0 Å². The molecular formula is C15H14F3NO2. The second-order valence-electron chi connectivity index (χ2n) is 4.23. The lowest BCUT2D eigenvalue weighted by Gasteiger charge is -2.14. The third kappa shape index (κ3) is 3.59. The van der Waals surface area contributed by atoms with Crippen molar-refractivity contribution in [2.45, 2.75) is 13.1 Å². The summed E-state index contributed by atoms with van der Waals surface area (Å²) in [4.78, 5) is 0. The van der Waals surface area contributed by atoms with E-state index in [1.54, 1.807) is 24.3 Å². The van der Waals surface area contributed by atoms with Gasteiger partial charge in [-0.15, -0.1) is 0 Å². The van der Waals surface area contributed by atoms with E-state index in [2.05, 4.69) is 0 Å². The number of hydrogen-bond acceptors (Lipinski definition) is 3. The molecule has 2 rings (SSSR count).